The van der Waals surface area contributed by atoms with Gasteiger partial charge in [-0.25, -0.2) is 4.39 Å². The number of nitrogens with zero attached hydrogens (tertiary/aromatic N) is 5. The minimum atomic E-state index is -0.399. The molecule has 5 rings (SSSR count). The first-order valence-corrected chi connectivity index (χ1v) is 11.7. The molecule has 35 heavy (non-hydrogen) atoms. The third-order valence-corrected chi connectivity index (χ3v) is 5.95. The lowest BCUT2D eigenvalue weighted by Crippen LogP contribution is -2.08. The maximum Gasteiger partial charge on any atom is 0.247 e. The van der Waals surface area contributed by atoms with E-state index in [-0.39, 0.29) is 6.61 Å². The first kappa shape index (κ1) is 22.6. The van der Waals surface area contributed by atoms with Gasteiger partial charge in [-0.05, 0) is 48.5 Å². The predicted molar refractivity (Wildman–Crippen MR) is 128 cm³/mol. The average Bonchev–Trinajstić information content (AvgIpc) is 3.54. The fourth-order valence-corrected chi connectivity index (χ4v) is 4.12. The molecule has 0 unspecified atom stereocenters. The van der Waals surface area contributed by atoms with E-state index in [1.54, 1.807) is 54.1 Å². The highest BCUT2D eigenvalue weighted by molar-refractivity contribution is 7.98. The molecule has 0 saturated carbocycles. The summed E-state index contributed by atoms with van der Waals surface area (Å²) >= 11 is 1.31. The van der Waals surface area contributed by atoms with E-state index in [4.69, 9.17) is 13.9 Å². The molecule has 0 radical (unpaired) electrons. The fraction of sp³-hybridized carbons (Fsp3) is 0.120. The zero-order chi connectivity index (χ0) is 24.0. The van der Waals surface area contributed by atoms with Crippen molar-refractivity contribution in [2.45, 2.75) is 17.5 Å². The Morgan fingerprint density at radius 1 is 0.857 bits per heavy atom. The smallest absolute Gasteiger partial charge is 0.247 e. The third kappa shape index (κ3) is 5.17. The van der Waals surface area contributed by atoms with E-state index in [1.165, 1.54) is 17.8 Å². The van der Waals surface area contributed by atoms with Crippen LogP contribution in [0, 0.1) is 5.82 Å². The number of methoxy groups -OCH3 is 1. The van der Waals surface area contributed by atoms with Crippen molar-refractivity contribution >= 4 is 11.8 Å². The van der Waals surface area contributed by atoms with Crippen molar-refractivity contribution in [2.75, 3.05) is 7.11 Å². The topological polar surface area (TPSA) is 88.1 Å². The van der Waals surface area contributed by atoms with Gasteiger partial charge >= 0.3 is 0 Å². The summed E-state index contributed by atoms with van der Waals surface area (Å²) in [4.78, 5) is 0. The van der Waals surface area contributed by atoms with E-state index in [1.807, 2.05) is 30.3 Å². The second-order valence-electron chi connectivity index (χ2n) is 7.31. The minimum Gasteiger partial charge on any atom is -0.497 e. The van der Waals surface area contributed by atoms with Crippen LogP contribution in [-0.4, -0.2) is 32.1 Å². The number of thioether (sulfide) groups is 1. The maximum absolute atomic E-state index is 14.7. The van der Waals surface area contributed by atoms with Gasteiger partial charge in [-0.1, -0.05) is 42.1 Å². The van der Waals surface area contributed by atoms with Gasteiger partial charge in [-0.15, -0.1) is 20.4 Å². The zero-order valence-electron chi connectivity index (χ0n) is 18.7. The summed E-state index contributed by atoms with van der Waals surface area (Å²) in [5, 5.41) is 17.2. The lowest BCUT2D eigenvalue weighted by Gasteiger charge is -2.12. The first-order valence-electron chi connectivity index (χ1n) is 10.7. The number of rotatable bonds is 9. The lowest BCUT2D eigenvalue weighted by atomic mass is 10.2. The van der Waals surface area contributed by atoms with Crippen molar-refractivity contribution in [1.29, 1.82) is 0 Å². The molecule has 5 aromatic rings. The van der Waals surface area contributed by atoms with E-state index in [0.29, 0.717) is 40.0 Å². The van der Waals surface area contributed by atoms with Crippen molar-refractivity contribution in [1.82, 2.24) is 25.0 Å². The van der Waals surface area contributed by atoms with E-state index in [9.17, 15) is 4.39 Å². The first-order chi connectivity index (χ1) is 17.2. The summed E-state index contributed by atoms with van der Waals surface area (Å²) in [7, 11) is 1.60. The van der Waals surface area contributed by atoms with Crippen LogP contribution in [0.4, 0.5) is 4.39 Å². The van der Waals surface area contributed by atoms with Crippen LogP contribution >= 0.6 is 11.8 Å². The Bertz CT molecular complexity index is 1410. The van der Waals surface area contributed by atoms with Gasteiger partial charge in [-0.3, -0.25) is 4.57 Å². The highest BCUT2D eigenvalue weighted by Crippen LogP contribution is 2.28. The molecule has 0 fully saturated rings. The van der Waals surface area contributed by atoms with Crippen molar-refractivity contribution in [2.24, 2.45) is 0 Å². The largest absolute Gasteiger partial charge is 0.497 e. The third-order valence-electron chi connectivity index (χ3n) is 5.03. The summed E-state index contributed by atoms with van der Waals surface area (Å²) in [6.45, 7) is 0.0902. The molecule has 176 valence electrons. The van der Waals surface area contributed by atoms with Crippen molar-refractivity contribution in [3.05, 3.63) is 96.4 Å². The molecule has 3 aromatic carbocycles. The number of benzene rings is 3. The van der Waals surface area contributed by atoms with Gasteiger partial charge in [0.25, 0.3) is 0 Å². The normalized spacial score (nSPS) is 10.9. The molecule has 0 spiro atoms. The molecule has 8 nitrogen and oxygen atoms in total. The van der Waals surface area contributed by atoms with Gasteiger partial charge in [-0.2, -0.15) is 0 Å². The molecule has 0 bridgehead atoms. The molecule has 10 heteroatoms. The molecule has 0 aliphatic heterocycles. The molecule has 2 aromatic heterocycles. The Kier molecular flexibility index (Phi) is 6.71. The number of para-hydroxylation sites is 1. The fourth-order valence-electron chi connectivity index (χ4n) is 3.32. The summed E-state index contributed by atoms with van der Waals surface area (Å²) in [6.07, 6.45) is 0. The SMILES string of the molecule is COc1ccc(OCc2nnc(SCc3nnc(-c4ccccc4)o3)n2-c2ccccc2F)cc1. The summed E-state index contributed by atoms with van der Waals surface area (Å²) in [5.41, 5.74) is 1.16. The van der Waals surface area contributed by atoms with Crippen LogP contribution in [-0.2, 0) is 12.4 Å². The predicted octanol–water partition coefficient (Wildman–Crippen LogP) is 5.34. The molecule has 0 aliphatic carbocycles. The second-order valence-corrected chi connectivity index (χ2v) is 8.25. The second kappa shape index (κ2) is 10.4. The number of ether oxygens (including phenoxy) is 2. The van der Waals surface area contributed by atoms with Gasteiger partial charge in [0.15, 0.2) is 11.0 Å². The molecule has 0 saturated heterocycles. The van der Waals surface area contributed by atoms with Crippen LogP contribution in [0.5, 0.6) is 11.5 Å². The molecular formula is C25H20FN5O3S. The Balaban J connectivity index is 1.37. The summed E-state index contributed by atoms with van der Waals surface area (Å²) in [5.74, 6) is 2.60. The monoisotopic (exact) mass is 489 g/mol. The van der Waals surface area contributed by atoms with Crippen molar-refractivity contribution < 1.29 is 18.3 Å². The molecule has 2 heterocycles. The summed E-state index contributed by atoms with van der Waals surface area (Å²) in [6, 6.07) is 23.1. The van der Waals surface area contributed by atoms with E-state index >= 15 is 0 Å². The van der Waals surface area contributed by atoms with Crippen LogP contribution in [0.15, 0.2) is 88.4 Å². The van der Waals surface area contributed by atoms with Crippen molar-refractivity contribution in [3.8, 4) is 28.6 Å². The average molecular weight is 490 g/mol. The van der Waals surface area contributed by atoms with Crippen LogP contribution in [0.1, 0.15) is 11.7 Å². The highest BCUT2D eigenvalue weighted by Gasteiger charge is 2.19. The molecule has 0 atom stereocenters. The van der Waals surface area contributed by atoms with Gasteiger partial charge in [0.1, 0.15) is 23.9 Å². The standard InChI is InChI=1S/C25H20FN5O3S/c1-32-18-11-13-19(14-12-18)33-15-22-27-30-25(31(22)21-10-6-5-9-20(21)26)35-16-23-28-29-24(34-23)17-7-3-2-4-8-17/h2-14H,15-16H2,1H3. The van der Waals surface area contributed by atoms with E-state index in [0.717, 1.165) is 11.3 Å². The number of halogens is 1. The Morgan fingerprint density at radius 2 is 1.60 bits per heavy atom. The minimum absolute atomic E-state index is 0.0902. The molecule has 0 N–H and O–H groups in total. The number of aromatic nitrogens is 5. The van der Waals surface area contributed by atoms with E-state index in [2.05, 4.69) is 20.4 Å². The molecule has 0 aliphatic rings. The van der Waals surface area contributed by atoms with Gasteiger partial charge < -0.3 is 13.9 Å². The Morgan fingerprint density at radius 3 is 2.37 bits per heavy atom. The van der Waals surface area contributed by atoms with Crippen LogP contribution in [0.25, 0.3) is 17.1 Å². The summed E-state index contributed by atoms with van der Waals surface area (Å²) < 4.78 is 33.2. The highest BCUT2D eigenvalue weighted by atomic mass is 32.2. The lowest BCUT2D eigenvalue weighted by molar-refractivity contribution is 0.292. The zero-order valence-corrected chi connectivity index (χ0v) is 19.5. The molecular weight excluding hydrogens is 469 g/mol. The van der Waals surface area contributed by atoms with E-state index < -0.39 is 5.82 Å². The molecule has 0 amide bonds. The van der Waals surface area contributed by atoms with Gasteiger partial charge in [0.05, 0.1) is 18.6 Å². The Hall–Kier alpha value is -4.18. The number of hydrogen-bond acceptors (Lipinski definition) is 8. The number of hydrogen-bond donors (Lipinski definition) is 0. The van der Waals surface area contributed by atoms with Crippen LogP contribution in [0.3, 0.4) is 0 Å². The quantitative estimate of drug-likeness (QED) is 0.257. The van der Waals surface area contributed by atoms with Crippen molar-refractivity contribution in [3.63, 3.8) is 0 Å². The van der Waals surface area contributed by atoms with Crippen LogP contribution in [0.2, 0.25) is 0 Å². The van der Waals surface area contributed by atoms with Crippen LogP contribution < -0.4 is 9.47 Å². The Labute approximate surface area is 204 Å². The van der Waals surface area contributed by atoms with Gasteiger partial charge in [0, 0.05) is 5.56 Å². The maximum atomic E-state index is 14.7. The van der Waals surface area contributed by atoms with Gasteiger partial charge in [0.2, 0.25) is 11.8 Å².